The van der Waals surface area contributed by atoms with E-state index >= 15 is 0 Å². The summed E-state index contributed by atoms with van der Waals surface area (Å²) in [6.45, 7) is 4.04. The first-order valence-corrected chi connectivity index (χ1v) is 11.5. The van der Waals surface area contributed by atoms with Crippen LogP contribution in [0.3, 0.4) is 0 Å². The number of hydrogen-bond donors (Lipinski definition) is 0. The second-order valence-electron chi connectivity index (χ2n) is 6.71. The van der Waals surface area contributed by atoms with Crippen LogP contribution in [0.1, 0.15) is 90.9 Å². The number of unbranched alkanes of at least 4 members (excludes halogenated alkanes) is 11. The normalized spacial score (nSPS) is 24.3. The van der Waals surface area contributed by atoms with Gasteiger partial charge in [0.25, 0.3) is 0 Å². The third-order valence-electron chi connectivity index (χ3n) is 4.06. The first-order valence-electron chi connectivity index (χ1n) is 10.1. The molecule has 2 atom stereocenters. The predicted molar refractivity (Wildman–Crippen MR) is 96.6 cm³/mol. The molecule has 1 saturated heterocycles. The molecule has 0 saturated carbocycles. The molecular weight excluding hydrogens is 379 g/mol. The molecule has 0 aromatic carbocycles. The summed E-state index contributed by atoms with van der Waals surface area (Å²) in [7, 11) is -4.08. The number of rotatable bonds is 15. The molecule has 0 aliphatic carbocycles. The molecule has 1 aliphatic rings. The molecule has 0 radical (unpaired) electrons. The Labute approximate surface area is 162 Å². The van der Waals surface area contributed by atoms with Gasteiger partial charge >= 0.3 is 7.82 Å². The summed E-state index contributed by atoms with van der Waals surface area (Å²) in [5, 5.41) is 12.1. The van der Waals surface area contributed by atoms with E-state index in [-0.39, 0.29) is 13.2 Å². The number of phosphoric acid groups is 1. The third-order valence-corrected chi connectivity index (χ3v) is 5.21. The molecule has 27 heavy (non-hydrogen) atoms. The Balaban J connectivity index is 1.93. The van der Waals surface area contributed by atoms with E-state index in [9.17, 15) is 4.57 Å². The van der Waals surface area contributed by atoms with Crippen LogP contribution in [0, 0.1) is 0 Å². The average Bonchev–Trinajstić information content (AvgIpc) is 2.72. The molecule has 10 heteroatoms. The van der Waals surface area contributed by atoms with Crippen molar-refractivity contribution in [1.29, 1.82) is 0 Å². The minimum absolute atomic E-state index is 0.0567. The van der Waals surface area contributed by atoms with Crippen molar-refractivity contribution in [3.05, 3.63) is 0 Å². The third kappa shape index (κ3) is 14.5. The molecule has 0 aromatic heterocycles. The Hall–Kier alpha value is -0.0900. The average molecular weight is 414 g/mol. The maximum atomic E-state index is 12.2. The first kappa shape index (κ1) is 24.9. The fourth-order valence-electron chi connectivity index (χ4n) is 2.61. The van der Waals surface area contributed by atoms with E-state index in [1.807, 2.05) is 0 Å². The fourth-order valence-corrected chi connectivity index (χ4v) is 3.51. The van der Waals surface area contributed by atoms with Gasteiger partial charge in [-0.2, -0.15) is 0 Å². The Morgan fingerprint density at radius 2 is 1.44 bits per heavy atom. The van der Waals surface area contributed by atoms with Crippen molar-refractivity contribution in [2.45, 2.75) is 97.0 Å². The lowest BCUT2D eigenvalue weighted by Gasteiger charge is -2.16. The summed E-state index contributed by atoms with van der Waals surface area (Å²) in [5.41, 5.74) is 0. The summed E-state index contributed by atoms with van der Waals surface area (Å²) >= 11 is 0. The van der Waals surface area contributed by atoms with E-state index in [0.717, 1.165) is 19.3 Å². The maximum Gasteiger partial charge on any atom is 0.532 e. The zero-order valence-corrected chi connectivity index (χ0v) is 17.5. The molecule has 9 nitrogen and oxygen atoms in total. The van der Waals surface area contributed by atoms with Crippen molar-refractivity contribution in [3.63, 3.8) is 0 Å². The van der Waals surface area contributed by atoms with E-state index < -0.39 is 13.9 Å². The van der Waals surface area contributed by atoms with Crippen LogP contribution in [0.15, 0.2) is 0 Å². The molecule has 1 fully saturated rings. The smallest absolute Gasteiger partial charge is 0.278 e. The lowest BCUT2D eigenvalue weighted by Crippen LogP contribution is -2.15. The van der Waals surface area contributed by atoms with E-state index in [1.165, 1.54) is 57.8 Å². The van der Waals surface area contributed by atoms with Gasteiger partial charge in [0.1, 0.15) is 6.61 Å². The number of hydrogen-bond acceptors (Lipinski definition) is 9. The van der Waals surface area contributed by atoms with Gasteiger partial charge in [0.15, 0.2) is 0 Å². The molecule has 0 aromatic rings. The minimum atomic E-state index is -4.08. The summed E-state index contributed by atoms with van der Waals surface area (Å²) in [4.78, 5) is 9.44. The van der Waals surface area contributed by atoms with Gasteiger partial charge in [-0.15, -0.1) is 4.67 Å². The van der Waals surface area contributed by atoms with Crippen LogP contribution in [0.4, 0.5) is 0 Å². The highest BCUT2D eigenvalue weighted by atomic mass is 31.2. The van der Waals surface area contributed by atoms with Crippen LogP contribution in [-0.4, -0.2) is 19.3 Å². The Morgan fingerprint density at radius 3 is 2.07 bits per heavy atom. The van der Waals surface area contributed by atoms with Crippen molar-refractivity contribution in [1.82, 2.24) is 0 Å². The van der Waals surface area contributed by atoms with Gasteiger partial charge in [-0.05, 0) is 28.5 Å². The summed E-state index contributed by atoms with van der Waals surface area (Å²) in [6.07, 6.45) is 14.3. The highest BCUT2D eigenvalue weighted by Crippen LogP contribution is 2.51. The van der Waals surface area contributed by atoms with Crippen LogP contribution in [0.25, 0.3) is 0 Å². The van der Waals surface area contributed by atoms with Crippen LogP contribution >= 0.6 is 7.82 Å². The van der Waals surface area contributed by atoms with Crippen LogP contribution in [0.5, 0.6) is 0 Å². The van der Waals surface area contributed by atoms with Crippen molar-refractivity contribution in [2.24, 2.45) is 0 Å². The quantitative estimate of drug-likeness (QED) is 0.140. The van der Waals surface area contributed by atoms with E-state index in [4.69, 9.17) is 14.1 Å². The zero-order chi connectivity index (χ0) is 19.6. The molecule has 0 bridgehead atoms. The van der Waals surface area contributed by atoms with Gasteiger partial charge in [-0.1, -0.05) is 82.2 Å². The molecule has 1 aliphatic heterocycles. The Morgan fingerprint density at radius 1 is 0.852 bits per heavy atom. The summed E-state index contributed by atoms with van der Waals surface area (Å²) in [5.74, 6) is 0. The van der Waals surface area contributed by atoms with Crippen molar-refractivity contribution in [3.8, 4) is 0 Å². The predicted octanol–water partition coefficient (Wildman–Crippen LogP) is 5.91. The van der Waals surface area contributed by atoms with E-state index in [1.54, 1.807) is 6.92 Å². The zero-order valence-electron chi connectivity index (χ0n) is 16.6. The molecular formula is C17H35O9P. The molecule has 0 amide bonds. The lowest BCUT2D eigenvalue weighted by atomic mass is 10.1. The Kier molecular flexibility index (Phi) is 15.5. The topological polar surface area (TPSA) is 90.9 Å². The van der Waals surface area contributed by atoms with Gasteiger partial charge in [0.2, 0.25) is 0 Å². The fraction of sp³-hybridized carbons (Fsp3) is 1.00. The standard InChI is InChI=1S/C17H35O9P/c1-3-4-5-6-7-8-9-10-11-12-13-14-15-19-25-27(18)21-17(2)16-20-22-23-24-26-27/h17H,3-16H2,1-2H3. The van der Waals surface area contributed by atoms with Gasteiger partial charge in [-0.25, -0.2) is 14.3 Å². The monoisotopic (exact) mass is 414 g/mol. The van der Waals surface area contributed by atoms with Gasteiger partial charge in [-0.3, -0.25) is 4.52 Å². The van der Waals surface area contributed by atoms with Crippen LogP contribution in [0.2, 0.25) is 0 Å². The van der Waals surface area contributed by atoms with Crippen LogP contribution in [-0.2, 0) is 43.3 Å². The maximum absolute atomic E-state index is 12.2. The molecule has 1 rings (SSSR count). The SMILES string of the molecule is CCCCCCCCCCCCCCOOP1(=O)OOOOOCC(C)O1. The first-order chi connectivity index (χ1) is 13.2. The van der Waals surface area contributed by atoms with Crippen molar-refractivity contribution in [2.75, 3.05) is 13.2 Å². The van der Waals surface area contributed by atoms with Gasteiger partial charge in [0, 0.05) is 0 Å². The molecule has 0 spiro atoms. The van der Waals surface area contributed by atoms with E-state index in [2.05, 4.69) is 31.6 Å². The van der Waals surface area contributed by atoms with Crippen molar-refractivity contribution < 1.29 is 43.3 Å². The second kappa shape index (κ2) is 16.8. The Bertz CT molecular complexity index is 383. The summed E-state index contributed by atoms with van der Waals surface area (Å²) < 4.78 is 26.3. The van der Waals surface area contributed by atoms with Gasteiger partial charge in [0.05, 0.1) is 12.7 Å². The minimum Gasteiger partial charge on any atom is -0.278 e. The largest absolute Gasteiger partial charge is 0.532 e. The highest BCUT2D eigenvalue weighted by Gasteiger charge is 2.35. The molecule has 1 heterocycles. The molecule has 0 N–H and O–H groups in total. The van der Waals surface area contributed by atoms with Gasteiger partial charge < -0.3 is 0 Å². The summed E-state index contributed by atoms with van der Waals surface area (Å²) in [6, 6.07) is 0. The molecule has 162 valence electrons. The van der Waals surface area contributed by atoms with Crippen LogP contribution < -0.4 is 0 Å². The molecule has 2 unspecified atom stereocenters. The highest BCUT2D eigenvalue weighted by molar-refractivity contribution is 7.48. The second-order valence-corrected chi connectivity index (χ2v) is 8.12. The van der Waals surface area contributed by atoms with E-state index in [0.29, 0.717) is 0 Å². The lowest BCUT2D eigenvalue weighted by molar-refractivity contribution is -0.692. The van der Waals surface area contributed by atoms with Crippen molar-refractivity contribution >= 4 is 7.82 Å².